The minimum atomic E-state index is -0.805. The predicted molar refractivity (Wildman–Crippen MR) is 81.6 cm³/mol. The number of aryl methyl sites for hydroxylation is 1. The van der Waals surface area contributed by atoms with Gasteiger partial charge in [0.05, 0.1) is 6.61 Å². The second-order valence-corrected chi connectivity index (χ2v) is 6.76. The minimum absolute atomic E-state index is 0.0727. The quantitative estimate of drug-likeness (QED) is 0.805. The molecule has 1 unspecified atom stereocenters. The molecule has 0 saturated carbocycles. The third-order valence-corrected chi connectivity index (χ3v) is 5.43. The number of carbonyl (C=O) groups excluding carboxylic acids is 2. The lowest BCUT2D eigenvalue weighted by Crippen LogP contribution is -2.65. The minimum Gasteiger partial charge on any atom is -0.464 e. The molecule has 1 atom stereocenters. The number of hydrogen-bond donors (Lipinski definition) is 0. The number of nitrogens with zero attached hydrogens (tertiary/aromatic N) is 1. The Balaban J connectivity index is 1.81. The number of amides is 1. The molecule has 4 nitrogen and oxygen atoms in total. The van der Waals surface area contributed by atoms with Crippen LogP contribution in [0, 0.1) is 0 Å². The van der Waals surface area contributed by atoms with Crippen molar-refractivity contribution in [2.24, 2.45) is 0 Å². The summed E-state index contributed by atoms with van der Waals surface area (Å²) in [7, 11) is 0. The highest BCUT2D eigenvalue weighted by molar-refractivity contribution is 7.99. The first-order valence-electron chi connectivity index (χ1n) is 7.31. The summed E-state index contributed by atoms with van der Waals surface area (Å²) in [4.78, 5) is 27.6. The van der Waals surface area contributed by atoms with E-state index >= 15 is 0 Å². The molecule has 0 spiro atoms. The van der Waals surface area contributed by atoms with Gasteiger partial charge in [-0.15, -0.1) is 11.8 Å². The zero-order valence-electron chi connectivity index (χ0n) is 12.3. The molecular formula is C16H19NO3S. The van der Waals surface area contributed by atoms with Crippen molar-refractivity contribution in [1.29, 1.82) is 0 Å². The largest absolute Gasteiger partial charge is 0.464 e. The Morgan fingerprint density at radius 3 is 2.90 bits per heavy atom. The Morgan fingerprint density at radius 2 is 2.24 bits per heavy atom. The number of hydrogen-bond acceptors (Lipinski definition) is 4. The SMILES string of the molecule is CCOC(=O)C1(C)CCN1C(=O)c1ccc2c(c1)CCS2. The molecule has 2 aliphatic heterocycles. The number of esters is 1. The van der Waals surface area contributed by atoms with Gasteiger partial charge in [0.2, 0.25) is 0 Å². The maximum Gasteiger partial charge on any atom is 0.331 e. The van der Waals surface area contributed by atoms with Crippen LogP contribution in [0.5, 0.6) is 0 Å². The van der Waals surface area contributed by atoms with E-state index in [1.54, 1.807) is 18.7 Å². The smallest absolute Gasteiger partial charge is 0.331 e. The van der Waals surface area contributed by atoms with Crippen molar-refractivity contribution in [2.45, 2.75) is 37.1 Å². The topological polar surface area (TPSA) is 46.6 Å². The van der Waals surface area contributed by atoms with Gasteiger partial charge in [0.25, 0.3) is 5.91 Å². The zero-order valence-corrected chi connectivity index (χ0v) is 13.2. The van der Waals surface area contributed by atoms with Gasteiger partial charge >= 0.3 is 5.97 Å². The van der Waals surface area contributed by atoms with Crippen molar-refractivity contribution in [3.8, 4) is 0 Å². The van der Waals surface area contributed by atoms with Crippen LogP contribution in [-0.2, 0) is 16.0 Å². The third kappa shape index (κ3) is 2.33. The van der Waals surface area contributed by atoms with Gasteiger partial charge in [-0.05, 0) is 50.5 Å². The summed E-state index contributed by atoms with van der Waals surface area (Å²) in [6.07, 6.45) is 1.68. The Bertz CT molecular complexity index is 601. The number of benzene rings is 1. The first-order chi connectivity index (χ1) is 10.1. The summed E-state index contributed by atoms with van der Waals surface area (Å²) in [6, 6.07) is 5.85. The lowest BCUT2D eigenvalue weighted by Gasteiger charge is -2.48. The van der Waals surface area contributed by atoms with Crippen LogP contribution >= 0.6 is 11.8 Å². The van der Waals surface area contributed by atoms with E-state index < -0.39 is 5.54 Å². The lowest BCUT2D eigenvalue weighted by atomic mass is 9.85. The van der Waals surface area contributed by atoms with E-state index in [2.05, 4.69) is 0 Å². The second-order valence-electron chi connectivity index (χ2n) is 5.62. The van der Waals surface area contributed by atoms with Crippen LogP contribution in [0.15, 0.2) is 23.1 Å². The average molecular weight is 305 g/mol. The third-order valence-electron chi connectivity index (χ3n) is 4.31. The van der Waals surface area contributed by atoms with E-state index in [9.17, 15) is 9.59 Å². The summed E-state index contributed by atoms with van der Waals surface area (Å²) in [5.41, 5.74) is 1.11. The van der Waals surface area contributed by atoms with Gasteiger partial charge in [0.15, 0.2) is 0 Å². The molecule has 1 amide bonds. The standard InChI is InChI=1S/C16H19NO3S/c1-3-20-15(19)16(2)7-8-17(16)14(18)12-4-5-13-11(10-12)6-9-21-13/h4-5,10H,3,6-9H2,1-2H3. The van der Waals surface area contributed by atoms with Gasteiger partial charge in [-0.1, -0.05) is 0 Å². The summed E-state index contributed by atoms with van der Waals surface area (Å²) in [6.45, 7) is 4.52. The van der Waals surface area contributed by atoms with Crippen molar-refractivity contribution in [1.82, 2.24) is 4.90 Å². The number of rotatable bonds is 3. The Kier molecular flexibility index (Phi) is 3.69. The maximum atomic E-state index is 12.7. The van der Waals surface area contributed by atoms with E-state index in [0.29, 0.717) is 25.1 Å². The molecule has 1 saturated heterocycles. The number of carbonyl (C=O) groups is 2. The van der Waals surface area contributed by atoms with Gasteiger partial charge in [-0.25, -0.2) is 4.79 Å². The highest BCUT2D eigenvalue weighted by Gasteiger charge is 2.50. The van der Waals surface area contributed by atoms with Crippen molar-refractivity contribution in [3.63, 3.8) is 0 Å². The number of thioether (sulfide) groups is 1. The van der Waals surface area contributed by atoms with Crippen LogP contribution in [0.4, 0.5) is 0 Å². The predicted octanol–water partition coefficient (Wildman–Crippen LogP) is 2.50. The van der Waals surface area contributed by atoms with Crippen LogP contribution in [0.2, 0.25) is 0 Å². The van der Waals surface area contributed by atoms with E-state index in [0.717, 1.165) is 12.2 Å². The molecule has 0 aromatic heterocycles. The Labute approximate surface area is 128 Å². The molecule has 0 aliphatic carbocycles. The number of fused-ring (bicyclic) bond motifs is 1. The van der Waals surface area contributed by atoms with Crippen LogP contribution in [0.25, 0.3) is 0 Å². The molecular weight excluding hydrogens is 286 g/mol. The Morgan fingerprint density at radius 1 is 1.43 bits per heavy atom. The molecule has 0 radical (unpaired) electrons. The highest BCUT2D eigenvalue weighted by Crippen LogP contribution is 2.35. The van der Waals surface area contributed by atoms with Crippen molar-refractivity contribution >= 4 is 23.6 Å². The fraction of sp³-hybridized carbons (Fsp3) is 0.500. The molecule has 1 aromatic rings. The first kappa shape index (κ1) is 14.4. The maximum absolute atomic E-state index is 12.7. The van der Waals surface area contributed by atoms with E-state index in [-0.39, 0.29) is 11.9 Å². The summed E-state index contributed by atoms with van der Waals surface area (Å²) in [5, 5.41) is 0. The average Bonchev–Trinajstić information content (AvgIpc) is 2.92. The molecule has 2 heterocycles. The van der Waals surface area contributed by atoms with E-state index in [1.165, 1.54) is 10.5 Å². The van der Waals surface area contributed by atoms with E-state index in [4.69, 9.17) is 4.74 Å². The van der Waals surface area contributed by atoms with E-state index in [1.807, 2.05) is 30.0 Å². The number of ether oxygens (including phenoxy) is 1. The van der Waals surface area contributed by atoms with Gasteiger partial charge in [-0.3, -0.25) is 4.79 Å². The first-order valence-corrected chi connectivity index (χ1v) is 8.30. The van der Waals surface area contributed by atoms with Crippen LogP contribution in [-0.4, -0.2) is 41.2 Å². The highest BCUT2D eigenvalue weighted by atomic mass is 32.2. The van der Waals surface area contributed by atoms with Gasteiger partial charge < -0.3 is 9.64 Å². The Hall–Kier alpha value is -1.49. The van der Waals surface area contributed by atoms with Crippen molar-refractivity contribution < 1.29 is 14.3 Å². The molecule has 0 N–H and O–H groups in total. The molecule has 1 aromatic carbocycles. The van der Waals surface area contributed by atoms with Crippen molar-refractivity contribution in [2.75, 3.05) is 18.9 Å². The zero-order chi connectivity index (χ0) is 15.0. The summed E-state index contributed by atoms with van der Waals surface area (Å²) >= 11 is 1.83. The normalized spacial score (nSPS) is 23.4. The number of likely N-dealkylation sites (tertiary alicyclic amines) is 1. The van der Waals surface area contributed by atoms with Gasteiger partial charge in [0, 0.05) is 22.8 Å². The molecule has 5 heteroatoms. The van der Waals surface area contributed by atoms with Crippen LogP contribution < -0.4 is 0 Å². The second kappa shape index (κ2) is 5.37. The molecule has 112 valence electrons. The fourth-order valence-corrected chi connectivity index (χ4v) is 3.91. The van der Waals surface area contributed by atoms with Crippen LogP contribution in [0.1, 0.15) is 36.2 Å². The fourth-order valence-electron chi connectivity index (χ4n) is 2.86. The summed E-state index contributed by atoms with van der Waals surface area (Å²) in [5.74, 6) is 0.704. The summed E-state index contributed by atoms with van der Waals surface area (Å²) < 4.78 is 5.10. The molecule has 3 rings (SSSR count). The van der Waals surface area contributed by atoms with Crippen molar-refractivity contribution in [3.05, 3.63) is 29.3 Å². The molecule has 0 bridgehead atoms. The van der Waals surface area contributed by atoms with Crippen LogP contribution in [0.3, 0.4) is 0 Å². The molecule has 1 fully saturated rings. The lowest BCUT2D eigenvalue weighted by molar-refractivity contribution is -0.162. The molecule has 2 aliphatic rings. The molecule has 21 heavy (non-hydrogen) atoms. The monoisotopic (exact) mass is 305 g/mol. The van der Waals surface area contributed by atoms with Gasteiger partial charge in [0.1, 0.15) is 5.54 Å². The van der Waals surface area contributed by atoms with Gasteiger partial charge in [-0.2, -0.15) is 0 Å².